The molecule has 12 heteroatoms. The highest BCUT2D eigenvalue weighted by Crippen LogP contribution is 2.38. The van der Waals surface area contributed by atoms with Crippen molar-refractivity contribution in [2.75, 3.05) is 40.3 Å². The molecular weight excluding hydrogens is 706 g/mol. The number of carbonyl (C=O) groups excluding carboxylic acids is 4. The molecule has 1 aromatic heterocycles. The smallest absolute Gasteiger partial charge is 0.254 e. The van der Waals surface area contributed by atoms with Crippen LogP contribution >= 0.6 is 11.6 Å². The SMILES string of the molecule is CNC(=O)[C@H](CCCc1ccccc1)NC(=O)C1CN(C(=O)Cc2cn(C)c3cc(Cl)ccc23)CC2CN(C(=O)c3ccc(OC(C)C)c(OC)c3)CC21. The van der Waals surface area contributed by atoms with Crippen LogP contribution in [0.5, 0.6) is 11.5 Å². The van der Waals surface area contributed by atoms with E-state index in [0.29, 0.717) is 54.6 Å². The number of piperidine rings is 1. The van der Waals surface area contributed by atoms with Gasteiger partial charge in [-0.25, -0.2) is 0 Å². The van der Waals surface area contributed by atoms with Gasteiger partial charge >= 0.3 is 0 Å². The minimum absolute atomic E-state index is 0.0677. The molecule has 2 fully saturated rings. The van der Waals surface area contributed by atoms with E-state index in [1.165, 1.54) is 7.11 Å². The highest BCUT2D eigenvalue weighted by molar-refractivity contribution is 6.31. The first-order valence-corrected chi connectivity index (χ1v) is 19.0. The highest BCUT2D eigenvalue weighted by Gasteiger charge is 2.48. The molecule has 286 valence electrons. The normalized spacial score (nSPS) is 18.7. The van der Waals surface area contributed by atoms with Gasteiger partial charge in [-0.1, -0.05) is 48.0 Å². The van der Waals surface area contributed by atoms with Crippen LogP contribution in [0.4, 0.5) is 0 Å². The van der Waals surface area contributed by atoms with Crippen molar-refractivity contribution in [2.24, 2.45) is 24.8 Å². The Morgan fingerprint density at radius 2 is 1.69 bits per heavy atom. The zero-order valence-electron chi connectivity index (χ0n) is 31.6. The van der Waals surface area contributed by atoms with Crippen LogP contribution in [-0.2, 0) is 34.3 Å². The number of aryl methyl sites for hydroxylation is 2. The fourth-order valence-corrected chi connectivity index (χ4v) is 8.16. The Labute approximate surface area is 321 Å². The van der Waals surface area contributed by atoms with Gasteiger partial charge in [0.15, 0.2) is 11.5 Å². The molecule has 2 N–H and O–H groups in total. The number of likely N-dealkylation sites (N-methyl/N-ethyl adjacent to an activating group) is 1. The second-order valence-electron chi connectivity index (χ2n) is 14.7. The number of amides is 4. The number of ether oxygens (including phenoxy) is 2. The lowest BCUT2D eigenvalue weighted by molar-refractivity contribution is -0.140. The van der Waals surface area contributed by atoms with Crippen LogP contribution in [0, 0.1) is 17.8 Å². The summed E-state index contributed by atoms with van der Waals surface area (Å²) in [4.78, 5) is 59.0. The number of benzene rings is 3. The van der Waals surface area contributed by atoms with Crippen LogP contribution in [-0.4, -0.2) is 90.5 Å². The Hall–Kier alpha value is -5.03. The number of aromatic nitrogens is 1. The van der Waals surface area contributed by atoms with Gasteiger partial charge in [0.1, 0.15) is 6.04 Å². The van der Waals surface area contributed by atoms with Crippen molar-refractivity contribution in [3.8, 4) is 11.5 Å². The Kier molecular flexibility index (Phi) is 12.2. The van der Waals surface area contributed by atoms with Gasteiger partial charge in [-0.15, -0.1) is 0 Å². The number of methoxy groups -OCH3 is 1. The monoisotopic (exact) mass is 755 g/mol. The molecule has 4 atom stereocenters. The average molecular weight is 756 g/mol. The molecule has 0 radical (unpaired) electrons. The first-order valence-electron chi connectivity index (χ1n) is 18.7. The number of nitrogens with zero attached hydrogens (tertiary/aromatic N) is 3. The maximum atomic E-state index is 14.3. The molecule has 0 saturated carbocycles. The van der Waals surface area contributed by atoms with Gasteiger partial charge in [0.25, 0.3) is 5.91 Å². The minimum atomic E-state index is -0.739. The maximum absolute atomic E-state index is 14.3. The van der Waals surface area contributed by atoms with Crippen molar-refractivity contribution in [3.05, 3.63) is 94.6 Å². The number of likely N-dealkylation sites (tertiary alicyclic amines) is 2. The van der Waals surface area contributed by atoms with E-state index in [1.807, 2.05) is 80.2 Å². The maximum Gasteiger partial charge on any atom is 0.254 e. The second kappa shape index (κ2) is 17.0. The molecule has 11 nitrogen and oxygen atoms in total. The molecule has 4 amide bonds. The lowest BCUT2D eigenvalue weighted by Crippen LogP contribution is -2.56. The number of carbonyl (C=O) groups is 4. The predicted octanol–water partition coefficient (Wildman–Crippen LogP) is 5.27. The summed E-state index contributed by atoms with van der Waals surface area (Å²) in [6, 6.07) is 20.1. The van der Waals surface area contributed by atoms with Crippen molar-refractivity contribution < 1.29 is 28.7 Å². The summed E-state index contributed by atoms with van der Waals surface area (Å²) < 4.78 is 13.4. The number of hydrogen-bond donors (Lipinski definition) is 2. The summed E-state index contributed by atoms with van der Waals surface area (Å²) in [5.41, 5.74) is 3.41. The third-order valence-corrected chi connectivity index (χ3v) is 10.9. The van der Waals surface area contributed by atoms with Crippen LogP contribution < -0.4 is 20.1 Å². The number of nitrogens with one attached hydrogen (secondary N) is 2. The first-order chi connectivity index (χ1) is 25.9. The molecule has 2 saturated heterocycles. The standard InChI is InChI=1S/C42H50ClN5O6/c1-26(2)54-37-17-14-28(18-38(37)53-5)42(52)48-23-30-22-47(39(49)19-29-21-46(4)36-20-31(43)15-16-32(29)36)25-34(33(30)24-48)40(50)45-35(41(51)44-3)13-9-12-27-10-7-6-8-11-27/h6-8,10-11,14-18,20-21,26,30,33-35H,9,12-13,19,22-25H2,1-5H3,(H,44,51)(H,45,50)/t30?,33?,34?,35-/m0/s1. The van der Waals surface area contributed by atoms with Crippen LogP contribution in [0.1, 0.15) is 48.2 Å². The van der Waals surface area contributed by atoms with Crippen molar-refractivity contribution in [2.45, 2.75) is 51.7 Å². The van der Waals surface area contributed by atoms with Gasteiger partial charge in [0, 0.05) is 68.0 Å². The van der Waals surface area contributed by atoms with E-state index in [1.54, 1.807) is 35.0 Å². The zero-order chi connectivity index (χ0) is 38.5. The van der Waals surface area contributed by atoms with Crippen molar-refractivity contribution in [1.82, 2.24) is 25.0 Å². The van der Waals surface area contributed by atoms with Crippen molar-refractivity contribution in [1.29, 1.82) is 0 Å². The van der Waals surface area contributed by atoms with Gasteiger partial charge in [-0.3, -0.25) is 19.2 Å². The lowest BCUT2D eigenvalue weighted by Gasteiger charge is -2.40. The zero-order valence-corrected chi connectivity index (χ0v) is 32.4. The number of rotatable bonds is 13. The molecule has 0 aliphatic carbocycles. The Morgan fingerprint density at radius 1 is 0.926 bits per heavy atom. The third-order valence-electron chi connectivity index (χ3n) is 10.7. The molecule has 2 aliphatic rings. The molecule has 2 aliphatic heterocycles. The van der Waals surface area contributed by atoms with E-state index < -0.39 is 12.0 Å². The van der Waals surface area contributed by atoms with Gasteiger partial charge in [-0.2, -0.15) is 0 Å². The average Bonchev–Trinajstić information content (AvgIpc) is 3.73. The number of halogens is 1. The fourth-order valence-electron chi connectivity index (χ4n) is 7.99. The number of hydrogen-bond acceptors (Lipinski definition) is 6. The predicted molar refractivity (Wildman–Crippen MR) is 209 cm³/mol. The Morgan fingerprint density at radius 3 is 2.41 bits per heavy atom. The third kappa shape index (κ3) is 8.67. The summed E-state index contributed by atoms with van der Waals surface area (Å²) in [6.07, 6.45) is 3.96. The van der Waals surface area contributed by atoms with Gasteiger partial charge < -0.3 is 34.5 Å². The van der Waals surface area contributed by atoms with Gasteiger partial charge in [0.2, 0.25) is 17.7 Å². The van der Waals surface area contributed by atoms with E-state index in [-0.39, 0.29) is 54.5 Å². The molecule has 3 aromatic carbocycles. The van der Waals surface area contributed by atoms with E-state index >= 15 is 0 Å². The van der Waals surface area contributed by atoms with Crippen LogP contribution in [0.25, 0.3) is 10.9 Å². The summed E-state index contributed by atoms with van der Waals surface area (Å²) in [6.45, 7) is 5.17. The van der Waals surface area contributed by atoms with Crippen LogP contribution in [0.15, 0.2) is 72.9 Å². The molecular formula is C42H50ClN5O6. The van der Waals surface area contributed by atoms with Crippen molar-refractivity contribution in [3.63, 3.8) is 0 Å². The highest BCUT2D eigenvalue weighted by atomic mass is 35.5. The minimum Gasteiger partial charge on any atom is -0.493 e. The molecule has 0 bridgehead atoms. The Bertz CT molecular complexity index is 2000. The number of fused-ring (bicyclic) bond motifs is 2. The molecule has 3 heterocycles. The summed E-state index contributed by atoms with van der Waals surface area (Å²) in [7, 11) is 5.02. The molecule has 3 unspecified atom stereocenters. The van der Waals surface area contributed by atoms with Gasteiger partial charge in [-0.05, 0) is 86.4 Å². The van der Waals surface area contributed by atoms with E-state index in [4.69, 9.17) is 21.1 Å². The fraction of sp³-hybridized carbons (Fsp3) is 0.429. The van der Waals surface area contributed by atoms with E-state index in [2.05, 4.69) is 10.6 Å². The topological polar surface area (TPSA) is 122 Å². The lowest BCUT2D eigenvalue weighted by atomic mass is 9.79. The molecule has 6 rings (SSSR count). The largest absolute Gasteiger partial charge is 0.493 e. The molecule has 54 heavy (non-hydrogen) atoms. The second-order valence-corrected chi connectivity index (χ2v) is 15.2. The van der Waals surface area contributed by atoms with E-state index in [9.17, 15) is 19.2 Å². The summed E-state index contributed by atoms with van der Waals surface area (Å²) >= 11 is 6.27. The Balaban J connectivity index is 1.23. The van der Waals surface area contributed by atoms with Gasteiger partial charge in [0.05, 0.1) is 25.6 Å². The molecule has 0 spiro atoms. The van der Waals surface area contributed by atoms with Crippen LogP contribution in [0.3, 0.4) is 0 Å². The quantitative estimate of drug-likeness (QED) is 0.192. The molecule has 4 aromatic rings. The van der Waals surface area contributed by atoms with E-state index in [0.717, 1.165) is 28.5 Å². The first kappa shape index (κ1) is 38.7. The summed E-state index contributed by atoms with van der Waals surface area (Å²) in [5, 5.41) is 7.32. The summed E-state index contributed by atoms with van der Waals surface area (Å²) in [5.74, 6) is -0.819. The van der Waals surface area contributed by atoms with Crippen molar-refractivity contribution >= 4 is 46.1 Å². The van der Waals surface area contributed by atoms with Crippen LogP contribution in [0.2, 0.25) is 5.02 Å².